The first-order valence-corrected chi connectivity index (χ1v) is 7.98. The van der Waals surface area contributed by atoms with Crippen molar-refractivity contribution in [2.75, 3.05) is 6.54 Å². The van der Waals surface area contributed by atoms with Crippen LogP contribution in [0.2, 0.25) is 0 Å². The van der Waals surface area contributed by atoms with Crippen molar-refractivity contribution in [1.82, 2.24) is 15.6 Å². The molecule has 1 heterocycles. The molecular weight excluding hydrogens is 310 g/mol. The number of aromatic nitrogens is 1. The fraction of sp³-hybridized carbons (Fsp3) is 0.118. The SMILES string of the molecule is O=C(CNC(=O)c1ccccc1)NCc1nc2ccccc2s1. The van der Waals surface area contributed by atoms with Crippen LogP contribution in [0.1, 0.15) is 15.4 Å². The Labute approximate surface area is 137 Å². The number of fused-ring (bicyclic) bond motifs is 1. The molecule has 3 rings (SSSR count). The van der Waals surface area contributed by atoms with Gasteiger partial charge >= 0.3 is 0 Å². The van der Waals surface area contributed by atoms with Crippen LogP contribution < -0.4 is 10.6 Å². The van der Waals surface area contributed by atoms with E-state index in [1.807, 2.05) is 30.3 Å². The summed E-state index contributed by atoms with van der Waals surface area (Å²) in [5, 5.41) is 6.20. The van der Waals surface area contributed by atoms with Crippen molar-refractivity contribution < 1.29 is 9.59 Å². The summed E-state index contributed by atoms with van der Waals surface area (Å²) in [7, 11) is 0. The number of hydrogen-bond acceptors (Lipinski definition) is 4. The summed E-state index contributed by atoms with van der Waals surface area (Å²) in [6.07, 6.45) is 0. The molecule has 0 radical (unpaired) electrons. The molecule has 5 nitrogen and oxygen atoms in total. The highest BCUT2D eigenvalue weighted by atomic mass is 32.1. The van der Waals surface area contributed by atoms with E-state index in [9.17, 15) is 9.59 Å². The Kier molecular flexibility index (Phi) is 4.63. The van der Waals surface area contributed by atoms with Crippen LogP contribution in [0.25, 0.3) is 10.2 Å². The molecule has 0 aliphatic heterocycles. The predicted octanol–water partition coefficient (Wildman–Crippen LogP) is 2.34. The number of rotatable bonds is 5. The second kappa shape index (κ2) is 7.02. The van der Waals surface area contributed by atoms with Gasteiger partial charge in [-0.3, -0.25) is 9.59 Å². The number of hydrogen-bond donors (Lipinski definition) is 2. The molecule has 0 fully saturated rings. The number of benzene rings is 2. The Balaban J connectivity index is 1.49. The fourth-order valence-corrected chi connectivity index (χ4v) is 2.99. The van der Waals surface area contributed by atoms with Crippen LogP contribution in [0.3, 0.4) is 0 Å². The molecular formula is C17H15N3O2S. The van der Waals surface area contributed by atoms with Crippen LogP contribution in [0.4, 0.5) is 0 Å². The molecule has 0 bridgehead atoms. The van der Waals surface area contributed by atoms with E-state index >= 15 is 0 Å². The topological polar surface area (TPSA) is 71.1 Å². The summed E-state index contributed by atoms with van der Waals surface area (Å²) < 4.78 is 1.09. The Morgan fingerprint density at radius 3 is 2.48 bits per heavy atom. The third-order valence-electron chi connectivity index (χ3n) is 3.22. The van der Waals surface area contributed by atoms with Crippen molar-refractivity contribution in [2.24, 2.45) is 0 Å². The number of carbonyl (C=O) groups is 2. The lowest BCUT2D eigenvalue weighted by molar-refractivity contribution is -0.120. The number of amides is 2. The third-order valence-corrected chi connectivity index (χ3v) is 4.26. The lowest BCUT2D eigenvalue weighted by Gasteiger charge is -2.05. The van der Waals surface area contributed by atoms with Gasteiger partial charge in [-0.2, -0.15) is 0 Å². The molecule has 3 aromatic rings. The zero-order valence-electron chi connectivity index (χ0n) is 12.3. The smallest absolute Gasteiger partial charge is 0.251 e. The van der Waals surface area contributed by atoms with Gasteiger partial charge in [-0.1, -0.05) is 30.3 Å². The Morgan fingerprint density at radius 1 is 0.957 bits per heavy atom. The lowest BCUT2D eigenvalue weighted by Crippen LogP contribution is -2.36. The Bertz CT molecular complexity index is 797. The molecule has 0 aliphatic carbocycles. The predicted molar refractivity (Wildman–Crippen MR) is 90.2 cm³/mol. The number of nitrogens with zero attached hydrogens (tertiary/aromatic N) is 1. The quantitative estimate of drug-likeness (QED) is 0.756. The lowest BCUT2D eigenvalue weighted by atomic mass is 10.2. The normalized spacial score (nSPS) is 10.4. The van der Waals surface area contributed by atoms with Crippen molar-refractivity contribution in [3.8, 4) is 0 Å². The number of thiazole rings is 1. The van der Waals surface area contributed by atoms with Gasteiger partial charge in [-0.05, 0) is 24.3 Å². The maximum Gasteiger partial charge on any atom is 0.251 e. The van der Waals surface area contributed by atoms with Crippen LogP contribution in [0.5, 0.6) is 0 Å². The minimum absolute atomic E-state index is 0.0569. The average Bonchev–Trinajstić information content (AvgIpc) is 3.01. The first-order valence-electron chi connectivity index (χ1n) is 7.17. The molecule has 0 aliphatic rings. The van der Waals surface area contributed by atoms with E-state index in [1.54, 1.807) is 35.6 Å². The van der Waals surface area contributed by atoms with Gasteiger partial charge in [0.1, 0.15) is 5.01 Å². The Morgan fingerprint density at radius 2 is 1.70 bits per heavy atom. The first kappa shape index (κ1) is 15.2. The molecule has 23 heavy (non-hydrogen) atoms. The van der Waals surface area contributed by atoms with Crippen molar-refractivity contribution in [3.05, 3.63) is 65.2 Å². The summed E-state index contributed by atoms with van der Waals surface area (Å²) in [5.74, 6) is -0.505. The molecule has 0 saturated heterocycles. The van der Waals surface area contributed by atoms with Crippen LogP contribution in [0, 0.1) is 0 Å². The van der Waals surface area contributed by atoms with Gasteiger partial charge < -0.3 is 10.6 Å². The molecule has 6 heteroatoms. The Hall–Kier alpha value is -2.73. The van der Waals surface area contributed by atoms with E-state index in [0.717, 1.165) is 15.2 Å². The second-order valence-electron chi connectivity index (χ2n) is 4.90. The molecule has 0 saturated carbocycles. The van der Waals surface area contributed by atoms with Gasteiger partial charge in [0.05, 0.1) is 23.3 Å². The number of nitrogens with one attached hydrogen (secondary N) is 2. The molecule has 2 aromatic carbocycles. The third kappa shape index (κ3) is 3.92. The van der Waals surface area contributed by atoms with Gasteiger partial charge in [0, 0.05) is 5.56 Å². The van der Waals surface area contributed by atoms with Crippen LogP contribution in [-0.4, -0.2) is 23.3 Å². The van der Waals surface area contributed by atoms with E-state index in [4.69, 9.17) is 0 Å². The maximum atomic E-state index is 11.8. The van der Waals surface area contributed by atoms with Crippen molar-refractivity contribution >= 4 is 33.4 Å². The van der Waals surface area contributed by atoms with E-state index < -0.39 is 0 Å². The summed E-state index contributed by atoms with van der Waals surface area (Å²) >= 11 is 1.55. The van der Waals surface area contributed by atoms with Crippen LogP contribution in [-0.2, 0) is 11.3 Å². The zero-order valence-corrected chi connectivity index (χ0v) is 13.1. The molecule has 116 valence electrons. The van der Waals surface area contributed by atoms with E-state index in [1.165, 1.54) is 0 Å². The highest BCUT2D eigenvalue weighted by molar-refractivity contribution is 7.18. The summed E-state index contributed by atoms with van der Waals surface area (Å²) in [6, 6.07) is 16.6. The fourth-order valence-electron chi connectivity index (χ4n) is 2.08. The second-order valence-corrected chi connectivity index (χ2v) is 6.02. The number of para-hydroxylation sites is 1. The van der Waals surface area contributed by atoms with Crippen molar-refractivity contribution in [3.63, 3.8) is 0 Å². The molecule has 0 unspecified atom stereocenters. The highest BCUT2D eigenvalue weighted by Crippen LogP contribution is 2.21. The van der Waals surface area contributed by atoms with Gasteiger partial charge in [0.2, 0.25) is 5.91 Å². The number of carbonyl (C=O) groups excluding carboxylic acids is 2. The van der Waals surface area contributed by atoms with E-state index in [2.05, 4.69) is 15.6 Å². The highest BCUT2D eigenvalue weighted by Gasteiger charge is 2.08. The van der Waals surface area contributed by atoms with Gasteiger partial charge in [0.25, 0.3) is 5.91 Å². The molecule has 0 atom stereocenters. The molecule has 2 amide bonds. The minimum atomic E-state index is -0.263. The van der Waals surface area contributed by atoms with Crippen molar-refractivity contribution in [1.29, 1.82) is 0 Å². The summed E-state index contributed by atoms with van der Waals surface area (Å²) in [6.45, 7) is 0.304. The zero-order chi connectivity index (χ0) is 16.1. The van der Waals surface area contributed by atoms with Crippen LogP contribution in [0.15, 0.2) is 54.6 Å². The summed E-state index contributed by atoms with van der Waals surface area (Å²) in [5.41, 5.74) is 1.46. The van der Waals surface area contributed by atoms with Crippen molar-refractivity contribution in [2.45, 2.75) is 6.54 Å². The molecule has 0 spiro atoms. The van der Waals surface area contributed by atoms with Gasteiger partial charge in [0.15, 0.2) is 0 Å². The molecule has 1 aromatic heterocycles. The van der Waals surface area contributed by atoms with E-state index in [-0.39, 0.29) is 18.4 Å². The first-order chi connectivity index (χ1) is 11.2. The van der Waals surface area contributed by atoms with Gasteiger partial charge in [-0.15, -0.1) is 11.3 Å². The minimum Gasteiger partial charge on any atom is -0.348 e. The van der Waals surface area contributed by atoms with Crippen LogP contribution >= 0.6 is 11.3 Å². The summed E-state index contributed by atoms with van der Waals surface area (Å²) in [4.78, 5) is 28.1. The maximum absolute atomic E-state index is 11.8. The standard InChI is InChI=1S/C17H15N3O2S/c21-15(10-19-17(22)12-6-2-1-3-7-12)18-11-16-20-13-8-4-5-9-14(13)23-16/h1-9H,10-11H2,(H,18,21)(H,19,22). The van der Waals surface area contributed by atoms with Gasteiger partial charge in [-0.25, -0.2) is 4.98 Å². The average molecular weight is 325 g/mol. The van der Waals surface area contributed by atoms with E-state index in [0.29, 0.717) is 12.1 Å². The largest absolute Gasteiger partial charge is 0.348 e. The monoisotopic (exact) mass is 325 g/mol. The molecule has 2 N–H and O–H groups in total.